The van der Waals surface area contributed by atoms with Gasteiger partial charge < -0.3 is 5.11 Å². The number of aliphatic carboxylic acids is 1. The van der Waals surface area contributed by atoms with Gasteiger partial charge in [-0.2, -0.15) is 0 Å². The summed E-state index contributed by atoms with van der Waals surface area (Å²) in [6.07, 6.45) is 1.04. The molecule has 0 fully saturated rings. The Morgan fingerprint density at radius 1 is 1.44 bits per heavy atom. The zero-order chi connectivity index (χ0) is 12.5. The second-order valence-electron chi connectivity index (χ2n) is 4.25. The summed E-state index contributed by atoms with van der Waals surface area (Å²) in [4.78, 5) is 35.0. The molecule has 1 aliphatic heterocycles. The zero-order valence-corrected chi connectivity index (χ0v) is 9.56. The lowest BCUT2D eigenvalue weighted by molar-refractivity contribution is -0.144. The molecule has 0 spiro atoms. The Morgan fingerprint density at radius 2 is 2.00 bits per heavy atom. The molecule has 0 aromatic rings. The fourth-order valence-electron chi connectivity index (χ4n) is 1.72. The molecule has 88 valence electrons. The summed E-state index contributed by atoms with van der Waals surface area (Å²) in [5, 5.41) is 8.77. The molecule has 16 heavy (non-hydrogen) atoms. The first kappa shape index (κ1) is 12.4. The molecule has 0 radical (unpaired) electrons. The first-order valence-corrected chi connectivity index (χ1v) is 5.12. The van der Waals surface area contributed by atoms with Crippen molar-refractivity contribution in [2.45, 2.75) is 33.2 Å². The van der Waals surface area contributed by atoms with Crippen molar-refractivity contribution >= 4 is 17.8 Å². The lowest BCUT2D eigenvalue weighted by Gasteiger charge is -2.28. The molecule has 1 N–H and O–H groups in total. The Hall–Kier alpha value is -1.65. The number of carbonyl (C=O) groups excluding carboxylic acids is 2. The third-order valence-corrected chi connectivity index (χ3v) is 2.62. The number of hydrogen-bond acceptors (Lipinski definition) is 3. The molecule has 0 saturated carbocycles. The quantitative estimate of drug-likeness (QED) is 0.718. The van der Waals surface area contributed by atoms with Gasteiger partial charge in [0.25, 0.3) is 11.8 Å². The van der Waals surface area contributed by atoms with Gasteiger partial charge >= 0.3 is 5.97 Å². The van der Waals surface area contributed by atoms with Crippen LogP contribution in [0.1, 0.15) is 27.2 Å². The maximum Gasteiger partial charge on any atom is 0.305 e. The maximum absolute atomic E-state index is 11.7. The number of imide groups is 1. The van der Waals surface area contributed by atoms with E-state index in [0.717, 1.165) is 4.90 Å². The fraction of sp³-hybridized carbons (Fsp3) is 0.545. The van der Waals surface area contributed by atoms with E-state index in [-0.39, 0.29) is 18.2 Å². The van der Waals surface area contributed by atoms with Gasteiger partial charge in [0.1, 0.15) is 0 Å². The average molecular weight is 225 g/mol. The Labute approximate surface area is 93.7 Å². The summed E-state index contributed by atoms with van der Waals surface area (Å²) in [7, 11) is 0. The molecule has 1 rings (SSSR count). The molecule has 1 heterocycles. The minimum atomic E-state index is -1.01. The van der Waals surface area contributed by atoms with Gasteiger partial charge in [0, 0.05) is 11.6 Å². The minimum Gasteiger partial charge on any atom is -0.481 e. The lowest BCUT2D eigenvalue weighted by atomic mass is 9.99. The van der Waals surface area contributed by atoms with Crippen LogP contribution in [0.4, 0.5) is 0 Å². The molecule has 0 bridgehead atoms. The maximum atomic E-state index is 11.7. The molecule has 2 amide bonds. The molecule has 5 heteroatoms. The van der Waals surface area contributed by atoms with Crippen LogP contribution in [0, 0.1) is 5.92 Å². The van der Waals surface area contributed by atoms with E-state index >= 15 is 0 Å². The van der Waals surface area contributed by atoms with E-state index in [1.54, 1.807) is 20.8 Å². The predicted molar refractivity (Wildman–Crippen MR) is 56.5 cm³/mol. The van der Waals surface area contributed by atoms with Crippen LogP contribution in [0.15, 0.2) is 11.6 Å². The molecule has 0 aromatic carbocycles. The molecule has 0 saturated heterocycles. The second kappa shape index (κ2) is 4.47. The van der Waals surface area contributed by atoms with Gasteiger partial charge in [0.2, 0.25) is 0 Å². The fourth-order valence-corrected chi connectivity index (χ4v) is 1.72. The molecule has 1 atom stereocenters. The SMILES string of the molecule is CC1=CC(=O)N(C(CC(=O)O)C(C)C)C1=O. The van der Waals surface area contributed by atoms with E-state index in [9.17, 15) is 14.4 Å². The summed E-state index contributed by atoms with van der Waals surface area (Å²) in [6.45, 7) is 5.14. The predicted octanol–water partition coefficient (Wildman–Crippen LogP) is 0.801. The van der Waals surface area contributed by atoms with Gasteiger partial charge in [0.05, 0.1) is 12.5 Å². The van der Waals surface area contributed by atoms with Crippen molar-refractivity contribution in [3.63, 3.8) is 0 Å². The number of nitrogens with zero attached hydrogens (tertiary/aromatic N) is 1. The van der Waals surface area contributed by atoms with Crippen LogP contribution in [-0.4, -0.2) is 33.8 Å². The lowest BCUT2D eigenvalue weighted by Crippen LogP contribution is -2.44. The molecule has 0 aromatic heterocycles. The summed E-state index contributed by atoms with van der Waals surface area (Å²) in [5.74, 6) is -1.89. The Morgan fingerprint density at radius 3 is 2.31 bits per heavy atom. The monoisotopic (exact) mass is 225 g/mol. The van der Waals surface area contributed by atoms with Gasteiger partial charge in [-0.25, -0.2) is 0 Å². The number of carboxylic acid groups (broad SMARTS) is 1. The smallest absolute Gasteiger partial charge is 0.305 e. The van der Waals surface area contributed by atoms with Crippen LogP contribution >= 0.6 is 0 Å². The molecule has 0 aliphatic carbocycles. The van der Waals surface area contributed by atoms with Gasteiger partial charge in [0.15, 0.2) is 0 Å². The Balaban J connectivity index is 2.93. The van der Waals surface area contributed by atoms with E-state index in [1.807, 2.05) is 0 Å². The molecule has 1 unspecified atom stereocenters. The van der Waals surface area contributed by atoms with Crippen molar-refractivity contribution in [2.24, 2.45) is 5.92 Å². The highest BCUT2D eigenvalue weighted by Gasteiger charge is 2.36. The largest absolute Gasteiger partial charge is 0.481 e. The first-order valence-electron chi connectivity index (χ1n) is 5.12. The minimum absolute atomic E-state index is 0.0803. The molecule has 5 nitrogen and oxygen atoms in total. The van der Waals surface area contributed by atoms with Crippen molar-refractivity contribution in [1.82, 2.24) is 4.90 Å². The van der Waals surface area contributed by atoms with Gasteiger partial charge in [-0.1, -0.05) is 13.8 Å². The highest BCUT2D eigenvalue weighted by atomic mass is 16.4. The number of rotatable bonds is 4. The average Bonchev–Trinajstić information content (AvgIpc) is 2.38. The van der Waals surface area contributed by atoms with Crippen molar-refractivity contribution in [3.05, 3.63) is 11.6 Å². The third kappa shape index (κ3) is 2.29. The van der Waals surface area contributed by atoms with Crippen LogP contribution < -0.4 is 0 Å². The normalized spacial score (nSPS) is 18.0. The van der Waals surface area contributed by atoms with Crippen molar-refractivity contribution < 1.29 is 19.5 Å². The van der Waals surface area contributed by atoms with Gasteiger partial charge in [-0.15, -0.1) is 0 Å². The van der Waals surface area contributed by atoms with E-state index in [2.05, 4.69) is 0 Å². The van der Waals surface area contributed by atoms with E-state index in [1.165, 1.54) is 6.08 Å². The van der Waals surface area contributed by atoms with Crippen LogP contribution in [0.25, 0.3) is 0 Å². The zero-order valence-electron chi connectivity index (χ0n) is 9.56. The highest BCUT2D eigenvalue weighted by Crippen LogP contribution is 2.22. The van der Waals surface area contributed by atoms with Crippen molar-refractivity contribution in [3.8, 4) is 0 Å². The Kier molecular flexibility index (Phi) is 3.47. The summed E-state index contributed by atoms with van der Waals surface area (Å²) >= 11 is 0. The highest BCUT2D eigenvalue weighted by molar-refractivity contribution is 6.16. The van der Waals surface area contributed by atoms with Crippen LogP contribution in [0.5, 0.6) is 0 Å². The van der Waals surface area contributed by atoms with E-state index in [0.29, 0.717) is 5.57 Å². The molecular weight excluding hydrogens is 210 g/mol. The van der Waals surface area contributed by atoms with Crippen LogP contribution in [0.3, 0.4) is 0 Å². The number of carbonyl (C=O) groups is 3. The van der Waals surface area contributed by atoms with E-state index in [4.69, 9.17) is 5.11 Å². The number of carboxylic acids is 1. The van der Waals surface area contributed by atoms with Crippen molar-refractivity contribution in [1.29, 1.82) is 0 Å². The summed E-state index contributed by atoms with van der Waals surface area (Å²) < 4.78 is 0. The molecule has 1 aliphatic rings. The summed E-state index contributed by atoms with van der Waals surface area (Å²) in [5.41, 5.74) is 0.362. The number of hydrogen-bond donors (Lipinski definition) is 1. The topological polar surface area (TPSA) is 74.7 Å². The van der Waals surface area contributed by atoms with Gasteiger partial charge in [-0.05, 0) is 12.8 Å². The second-order valence-corrected chi connectivity index (χ2v) is 4.25. The standard InChI is InChI=1S/C11H15NO4/c1-6(2)8(5-10(14)15)12-9(13)4-7(3)11(12)16/h4,6,8H,5H2,1-3H3,(H,14,15). The first-order chi connectivity index (χ1) is 7.34. The van der Waals surface area contributed by atoms with Crippen molar-refractivity contribution in [2.75, 3.05) is 0 Å². The summed E-state index contributed by atoms with van der Waals surface area (Å²) in [6, 6.07) is -0.578. The van der Waals surface area contributed by atoms with E-state index < -0.39 is 17.9 Å². The van der Waals surface area contributed by atoms with Crippen LogP contribution in [0.2, 0.25) is 0 Å². The van der Waals surface area contributed by atoms with Crippen LogP contribution in [-0.2, 0) is 14.4 Å². The molecular formula is C11H15NO4. The third-order valence-electron chi connectivity index (χ3n) is 2.62. The number of amides is 2. The van der Waals surface area contributed by atoms with Gasteiger partial charge in [-0.3, -0.25) is 19.3 Å². The Bertz CT molecular complexity index is 370.